The highest BCUT2D eigenvalue weighted by Crippen LogP contribution is 2.31. The van der Waals surface area contributed by atoms with Gasteiger partial charge in [0.05, 0.1) is 0 Å². The second-order valence-corrected chi connectivity index (χ2v) is 10.3. The van der Waals surface area contributed by atoms with Gasteiger partial charge in [0.2, 0.25) is 11.8 Å². The number of amides is 2. The van der Waals surface area contributed by atoms with E-state index in [4.69, 9.17) is 28.9 Å². The van der Waals surface area contributed by atoms with Crippen molar-refractivity contribution < 1.29 is 14.0 Å². The first-order chi connectivity index (χ1) is 16.5. The zero-order chi connectivity index (χ0) is 25.7. The minimum atomic E-state index is -0.737. The van der Waals surface area contributed by atoms with E-state index in [0.717, 1.165) is 23.2 Å². The van der Waals surface area contributed by atoms with Crippen LogP contribution in [0, 0.1) is 11.7 Å². The van der Waals surface area contributed by atoms with Crippen molar-refractivity contribution >= 4 is 40.7 Å². The third kappa shape index (κ3) is 7.32. The topological polar surface area (TPSA) is 78.7 Å². The van der Waals surface area contributed by atoms with Crippen molar-refractivity contribution in [2.24, 2.45) is 11.7 Å². The SMILES string of the molecule is CC(=O)N[C@H](Cc1ccc(Cl)cc1Cl)C(=O)N1CCN(c2ccc(F)cc2[C@H](N)CC(C)C)CC1. The number of carbonyl (C=O) groups excluding carboxylic acids is 2. The first-order valence-corrected chi connectivity index (χ1v) is 12.6. The number of nitrogens with zero attached hydrogens (tertiary/aromatic N) is 2. The molecule has 0 unspecified atom stereocenters. The Morgan fingerprint density at radius 3 is 2.37 bits per heavy atom. The zero-order valence-corrected chi connectivity index (χ0v) is 21.9. The summed E-state index contributed by atoms with van der Waals surface area (Å²) < 4.78 is 14.0. The van der Waals surface area contributed by atoms with Crippen LogP contribution < -0.4 is 16.0 Å². The molecule has 0 bridgehead atoms. The quantitative estimate of drug-likeness (QED) is 0.531. The fraction of sp³-hybridized carbons (Fsp3) is 0.462. The van der Waals surface area contributed by atoms with Gasteiger partial charge in [-0.15, -0.1) is 0 Å². The standard InChI is InChI=1S/C26H33Cl2FN4O2/c1-16(2)12-23(30)21-15-20(29)6-7-25(21)32-8-10-33(11-9-32)26(35)24(31-17(3)34)13-18-4-5-19(27)14-22(18)28/h4-7,14-16,23-24H,8-13,30H2,1-3H3,(H,31,34)/t23-,24-/m1/s1. The van der Waals surface area contributed by atoms with Crippen LogP contribution in [0.2, 0.25) is 10.0 Å². The number of benzene rings is 2. The van der Waals surface area contributed by atoms with Gasteiger partial charge in [-0.25, -0.2) is 4.39 Å². The van der Waals surface area contributed by atoms with Crippen LogP contribution in [-0.4, -0.2) is 48.9 Å². The molecule has 0 radical (unpaired) electrons. The Hall–Kier alpha value is -2.35. The van der Waals surface area contributed by atoms with Crippen molar-refractivity contribution in [2.45, 2.75) is 45.7 Å². The molecule has 1 aliphatic heterocycles. The van der Waals surface area contributed by atoms with E-state index in [9.17, 15) is 14.0 Å². The summed E-state index contributed by atoms with van der Waals surface area (Å²) in [5.41, 5.74) is 8.83. The van der Waals surface area contributed by atoms with E-state index in [-0.39, 0.29) is 30.1 Å². The van der Waals surface area contributed by atoms with Crippen LogP contribution in [0.3, 0.4) is 0 Å². The van der Waals surface area contributed by atoms with Gasteiger partial charge in [0.25, 0.3) is 0 Å². The third-order valence-electron chi connectivity index (χ3n) is 6.16. The average Bonchev–Trinajstić information content (AvgIpc) is 2.79. The summed E-state index contributed by atoms with van der Waals surface area (Å²) in [6, 6.07) is 8.82. The van der Waals surface area contributed by atoms with E-state index in [0.29, 0.717) is 42.1 Å². The summed E-state index contributed by atoms with van der Waals surface area (Å²) in [4.78, 5) is 29.1. The van der Waals surface area contributed by atoms with Crippen molar-refractivity contribution in [3.63, 3.8) is 0 Å². The summed E-state index contributed by atoms with van der Waals surface area (Å²) in [5, 5.41) is 3.72. The van der Waals surface area contributed by atoms with E-state index in [2.05, 4.69) is 24.1 Å². The summed E-state index contributed by atoms with van der Waals surface area (Å²) >= 11 is 12.3. The molecule has 2 aromatic rings. The summed E-state index contributed by atoms with van der Waals surface area (Å²) in [6.07, 6.45) is 1.02. The lowest BCUT2D eigenvalue weighted by molar-refractivity contribution is -0.136. The highest BCUT2D eigenvalue weighted by atomic mass is 35.5. The first-order valence-electron chi connectivity index (χ1n) is 11.8. The van der Waals surface area contributed by atoms with Crippen LogP contribution in [-0.2, 0) is 16.0 Å². The maximum atomic E-state index is 14.0. The molecule has 0 saturated carbocycles. The van der Waals surface area contributed by atoms with Crippen LogP contribution in [0.5, 0.6) is 0 Å². The molecule has 35 heavy (non-hydrogen) atoms. The highest BCUT2D eigenvalue weighted by molar-refractivity contribution is 6.35. The summed E-state index contributed by atoms with van der Waals surface area (Å²) in [7, 11) is 0. The van der Waals surface area contributed by atoms with Gasteiger partial charge in [-0.05, 0) is 53.8 Å². The van der Waals surface area contributed by atoms with E-state index < -0.39 is 6.04 Å². The average molecular weight is 523 g/mol. The monoisotopic (exact) mass is 522 g/mol. The molecule has 2 atom stereocenters. The fourth-order valence-corrected chi connectivity index (χ4v) is 4.97. The number of hydrogen-bond donors (Lipinski definition) is 2. The van der Waals surface area contributed by atoms with Crippen LogP contribution in [0.1, 0.15) is 44.4 Å². The Morgan fingerprint density at radius 2 is 1.77 bits per heavy atom. The lowest BCUT2D eigenvalue weighted by atomic mass is 9.95. The number of nitrogens with one attached hydrogen (secondary N) is 1. The Bertz CT molecular complexity index is 1060. The normalized spacial score (nSPS) is 15.8. The molecule has 1 aliphatic rings. The predicted octanol–water partition coefficient (Wildman–Crippen LogP) is 4.57. The number of halogens is 3. The smallest absolute Gasteiger partial charge is 0.245 e. The molecule has 1 fully saturated rings. The third-order valence-corrected chi connectivity index (χ3v) is 6.75. The summed E-state index contributed by atoms with van der Waals surface area (Å²) in [5.74, 6) is -0.380. The number of piperazine rings is 1. The van der Waals surface area contributed by atoms with Crippen LogP contribution >= 0.6 is 23.2 Å². The second kappa shape index (κ2) is 12.1. The number of nitrogens with two attached hydrogens (primary N) is 1. The van der Waals surface area contributed by atoms with Crippen molar-refractivity contribution in [1.29, 1.82) is 0 Å². The van der Waals surface area contributed by atoms with Gasteiger partial charge in [-0.2, -0.15) is 0 Å². The van der Waals surface area contributed by atoms with Crippen molar-refractivity contribution in [3.05, 3.63) is 63.4 Å². The largest absolute Gasteiger partial charge is 0.368 e. The molecule has 3 N–H and O–H groups in total. The van der Waals surface area contributed by atoms with Gasteiger partial charge < -0.3 is 20.9 Å². The molecule has 3 rings (SSSR count). The Labute approximate surface area is 216 Å². The minimum absolute atomic E-state index is 0.165. The van der Waals surface area contributed by atoms with E-state index in [1.54, 1.807) is 29.2 Å². The van der Waals surface area contributed by atoms with Gasteiger partial charge in [0, 0.05) is 61.3 Å². The molecule has 2 amide bonds. The van der Waals surface area contributed by atoms with Crippen LogP contribution in [0.15, 0.2) is 36.4 Å². The molecule has 0 aromatic heterocycles. The molecule has 0 aliphatic carbocycles. The zero-order valence-electron chi connectivity index (χ0n) is 20.4. The number of anilines is 1. The maximum absolute atomic E-state index is 14.0. The highest BCUT2D eigenvalue weighted by Gasteiger charge is 2.30. The second-order valence-electron chi connectivity index (χ2n) is 9.44. The lowest BCUT2D eigenvalue weighted by Crippen LogP contribution is -2.55. The molecule has 6 nitrogen and oxygen atoms in total. The van der Waals surface area contributed by atoms with Crippen LogP contribution in [0.25, 0.3) is 0 Å². The van der Waals surface area contributed by atoms with Gasteiger partial charge in [0.15, 0.2) is 0 Å². The Morgan fingerprint density at radius 1 is 1.09 bits per heavy atom. The van der Waals surface area contributed by atoms with Gasteiger partial charge in [-0.3, -0.25) is 9.59 Å². The van der Waals surface area contributed by atoms with Crippen molar-refractivity contribution in [2.75, 3.05) is 31.1 Å². The molecule has 2 aromatic carbocycles. The molecule has 0 spiro atoms. The van der Waals surface area contributed by atoms with Crippen molar-refractivity contribution in [3.8, 4) is 0 Å². The minimum Gasteiger partial charge on any atom is -0.368 e. The van der Waals surface area contributed by atoms with E-state index >= 15 is 0 Å². The predicted molar refractivity (Wildman–Crippen MR) is 139 cm³/mol. The molecule has 190 valence electrons. The van der Waals surface area contributed by atoms with Gasteiger partial charge in [0.1, 0.15) is 11.9 Å². The Balaban J connectivity index is 1.72. The molecule has 1 heterocycles. The molecular weight excluding hydrogens is 490 g/mol. The molecule has 1 saturated heterocycles. The van der Waals surface area contributed by atoms with Gasteiger partial charge in [-0.1, -0.05) is 43.1 Å². The fourth-order valence-electron chi connectivity index (χ4n) is 4.49. The van der Waals surface area contributed by atoms with E-state index in [1.807, 2.05) is 0 Å². The first kappa shape index (κ1) is 27.2. The number of carbonyl (C=O) groups is 2. The Kier molecular flexibility index (Phi) is 9.39. The van der Waals surface area contributed by atoms with E-state index in [1.165, 1.54) is 19.1 Å². The number of hydrogen-bond acceptors (Lipinski definition) is 4. The van der Waals surface area contributed by atoms with Gasteiger partial charge >= 0.3 is 0 Å². The van der Waals surface area contributed by atoms with Crippen molar-refractivity contribution in [1.82, 2.24) is 10.2 Å². The molecule has 9 heteroatoms. The molecular formula is C26H33Cl2FN4O2. The lowest BCUT2D eigenvalue weighted by Gasteiger charge is -2.39. The maximum Gasteiger partial charge on any atom is 0.245 e. The van der Waals surface area contributed by atoms with Crippen LogP contribution in [0.4, 0.5) is 10.1 Å². The summed E-state index contributed by atoms with van der Waals surface area (Å²) in [6.45, 7) is 7.66. The number of rotatable bonds is 8.